The van der Waals surface area contributed by atoms with Crippen molar-refractivity contribution in [1.82, 2.24) is 10.2 Å². The molecule has 2 N–H and O–H groups in total. The molecule has 1 aliphatic rings. The topological polar surface area (TPSA) is 96.2 Å². The zero-order valence-corrected chi connectivity index (χ0v) is 17.2. The molecule has 1 aliphatic carbocycles. The minimum Gasteiger partial charge on any atom is -0.323 e. The monoisotopic (exact) mass is 403 g/mol. The van der Waals surface area contributed by atoms with Crippen LogP contribution in [0.5, 0.6) is 0 Å². The highest BCUT2D eigenvalue weighted by atomic mass is 35.5. The van der Waals surface area contributed by atoms with Gasteiger partial charge in [0.15, 0.2) is 5.82 Å². The molecule has 0 amide bonds. The van der Waals surface area contributed by atoms with Gasteiger partial charge in [-0.1, -0.05) is 51.6 Å². The molecule has 8 heteroatoms. The van der Waals surface area contributed by atoms with Gasteiger partial charge in [-0.2, -0.15) is 5.10 Å². The maximum Gasteiger partial charge on any atom is 0.287 e. The number of aromatic nitrogens is 2. The van der Waals surface area contributed by atoms with Crippen molar-refractivity contribution in [3.8, 4) is 0 Å². The Balaban J connectivity index is 1.93. The number of benzene rings is 1. The quantitative estimate of drug-likeness (QED) is 0.306. The molecular weight excluding hydrogens is 378 g/mol. The molecular formula is C20H26ClN5O2. The van der Waals surface area contributed by atoms with Crippen LogP contribution in [0.15, 0.2) is 29.3 Å². The second-order valence-electron chi connectivity index (χ2n) is 8.23. The van der Waals surface area contributed by atoms with Crippen LogP contribution >= 0.6 is 11.6 Å². The molecule has 1 saturated carbocycles. The highest BCUT2D eigenvalue weighted by molar-refractivity contribution is 6.33. The molecule has 0 unspecified atom stereocenters. The summed E-state index contributed by atoms with van der Waals surface area (Å²) in [6.45, 7) is 6.33. The molecule has 7 nitrogen and oxygen atoms in total. The number of nitro benzene ring substituents is 1. The molecule has 1 aromatic heterocycles. The van der Waals surface area contributed by atoms with Gasteiger partial charge >= 0.3 is 0 Å². The zero-order chi connectivity index (χ0) is 20.3. The van der Waals surface area contributed by atoms with Gasteiger partial charge in [0.25, 0.3) is 5.69 Å². The number of nitro groups is 1. The van der Waals surface area contributed by atoms with Crippen LogP contribution in [0.3, 0.4) is 0 Å². The Hall–Kier alpha value is -2.41. The Bertz CT molecular complexity index is 879. The Labute approximate surface area is 169 Å². The summed E-state index contributed by atoms with van der Waals surface area (Å²) in [6, 6.07) is 6.87. The van der Waals surface area contributed by atoms with E-state index in [2.05, 4.69) is 36.3 Å². The van der Waals surface area contributed by atoms with E-state index in [4.69, 9.17) is 16.6 Å². The lowest BCUT2D eigenvalue weighted by Crippen LogP contribution is -2.20. The average Bonchev–Trinajstić information content (AvgIpc) is 3.11. The van der Waals surface area contributed by atoms with Gasteiger partial charge in [0.2, 0.25) is 0 Å². The van der Waals surface area contributed by atoms with E-state index in [0.717, 1.165) is 18.5 Å². The first-order valence-corrected chi connectivity index (χ1v) is 9.97. The number of rotatable bonds is 4. The number of aromatic amines is 1. The summed E-state index contributed by atoms with van der Waals surface area (Å²) in [6.07, 6.45) is 5.66. The third-order valence-electron chi connectivity index (χ3n) is 4.94. The third kappa shape index (κ3) is 4.90. The standard InChI is InChI=1S/C20H26ClN5O2/c1-20(2,3)17-12-18(25-24-17)23-19(22-14-7-5-4-6-8-14)13-9-10-16(26(27)28)15(21)11-13/h9-12,14H,4-8H2,1-3H3,(H2,22,23,24,25). The molecule has 1 heterocycles. The van der Waals surface area contributed by atoms with E-state index in [1.807, 2.05) is 6.07 Å². The van der Waals surface area contributed by atoms with Crippen LogP contribution in [0.4, 0.5) is 11.5 Å². The minimum atomic E-state index is -0.485. The van der Waals surface area contributed by atoms with Gasteiger partial charge in [0, 0.05) is 28.8 Å². The summed E-state index contributed by atoms with van der Waals surface area (Å²) in [5.41, 5.74) is 1.55. The second-order valence-corrected chi connectivity index (χ2v) is 8.64. The van der Waals surface area contributed by atoms with Gasteiger partial charge < -0.3 is 5.32 Å². The summed E-state index contributed by atoms with van der Waals surface area (Å²) in [7, 11) is 0. The first kappa shape index (κ1) is 20.3. The Kier molecular flexibility index (Phi) is 6.03. The molecule has 0 atom stereocenters. The maximum absolute atomic E-state index is 11.1. The SMILES string of the molecule is CC(C)(C)c1cc(NC(=NC2CCCCC2)c2ccc([N+](=O)[O-])c(Cl)c2)n[nH]1. The van der Waals surface area contributed by atoms with Gasteiger partial charge in [-0.15, -0.1) is 0 Å². The predicted octanol–water partition coefficient (Wildman–Crippen LogP) is 5.46. The highest BCUT2D eigenvalue weighted by Gasteiger charge is 2.20. The fourth-order valence-corrected chi connectivity index (χ4v) is 3.51. The number of hydrogen-bond acceptors (Lipinski definition) is 4. The number of H-pyrrole nitrogens is 1. The predicted molar refractivity (Wildman–Crippen MR) is 112 cm³/mol. The van der Waals surface area contributed by atoms with Crippen molar-refractivity contribution < 1.29 is 4.92 Å². The van der Waals surface area contributed by atoms with Crippen LogP contribution in [0.25, 0.3) is 0 Å². The number of halogens is 1. The zero-order valence-electron chi connectivity index (χ0n) is 16.5. The highest BCUT2D eigenvalue weighted by Crippen LogP contribution is 2.27. The fourth-order valence-electron chi connectivity index (χ4n) is 3.27. The van der Waals surface area contributed by atoms with Gasteiger partial charge in [-0.25, -0.2) is 0 Å². The Morgan fingerprint density at radius 2 is 2.00 bits per heavy atom. The van der Waals surface area contributed by atoms with E-state index in [0.29, 0.717) is 17.2 Å². The maximum atomic E-state index is 11.1. The number of aliphatic imine (C=N–C) groups is 1. The lowest BCUT2D eigenvalue weighted by atomic mass is 9.92. The van der Waals surface area contributed by atoms with Crippen LogP contribution in [-0.2, 0) is 5.41 Å². The van der Waals surface area contributed by atoms with Gasteiger partial charge in [-0.3, -0.25) is 20.2 Å². The first-order chi connectivity index (χ1) is 13.2. The lowest BCUT2D eigenvalue weighted by molar-refractivity contribution is -0.384. The number of anilines is 1. The molecule has 1 fully saturated rings. The van der Waals surface area contributed by atoms with Crippen LogP contribution < -0.4 is 5.32 Å². The van der Waals surface area contributed by atoms with Crippen molar-refractivity contribution in [3.05, 3.63) is 50.7 Å². The summed E-state index contributed by atoms with van der Waals surface area (Å²) >= 11 is 6.13. The van der Waals surface area contributed by atoms with Crippen molar-refractivity contribution >= 4 is 28.9 Å². The Morgan fingerprint density at radius 3 is 2.57 bits per heavy atom. The summed E-state index contributed by atoms with van der Waals surface area (Å²) < 4.78 is 0. The van der Waals surface area contributed by atoms with Gasteiger partial charge in [-0.05, 0) is 25.0 Å². The molecule has 3 rings (SSSR count). The van der Waals surface area contributed by atoms with Gasteiger partial charge in [0.1, 0.15) is 10.9 Å². The lowest BCUT2D eigenvalue weighted by Gasteiger charge is -2.20. The summed E-state index contributed by atoms with van der Waals surface area (Å²) in [4.78, 5) is 15.5. The smallest absolute Gasteiger partial charge is 0.287 e. The van der Waals surface area contributed by atoms with Crippen molar-refractivity contribution in [2.75, 3.05) is 5.32 Å². The first-order valence-electron chi connectivity index (χ1n) is 9.59. The van der Waals surface area contributed by atoms with Crippen molar-refractivity contribution in [1.29, 1.82) is 0 Å². The Morgan fingerprint density at radius 1 is 1.29 bits per heavy atom. The van der Waals surface area contributed by atoms with Crippen molar-refractivity contribution in [3.63, 3.8) is 0 Å². The van der Waals surface area contributed by atoms with E-state index in [1.165, 1.54) is 25.3 Å². The number of amidine groups is 1. The van der Waals surface area contributed by atoms with Crippen molar-refractivity contribution in [2.24, 2.45) is 4.99 Å². The van der Waals surface area contributed by atoms with Crippen LogP contribution in [-0.4, -0.2) is 27.0 Å². The molecule has 0 bridgehead atoms. The number of hydrogen-bond donors (Lipinski definition) is 2. The molecule has 2 aromatic rings. The molecule has 1 aromatic carbocycles. The molecule has 0 aliphatic heterocycles. The number of nitrogens with zero attached hydrogens (tertiary/aromatic N) is 3. The van der Waals surface area contributed by atoms with E-state index in [-0.39, 0.29) is 22.2 Å². The van der Waals surface area contributed by atoms with Gasteiger partial charge in [0.05, 0.1) is 11.0 Å². The van der Waals surface area contributed by atoms with E-state index in [1.54, 1.807) is 12.1 Å². The van der Waals surface area contributed by atoms with Crippen LogP contribution in [0, 0.1) is 10.1 Å². The van der Waals surface area contributed by atoms with Crippen LogP contribution in [0.2, 0.25) is 5.02 Å². The summed E-state index contributed by atoms with van der Waals surface area (Å²) in [5, 5.41) is 21.9. The van der Waals surface area contributed by atoms with Crippen molar-refractivity contribution in [2.45, 2.75) is 64.3 Å². The molecule has 0 spiro atoms. The molecule has 0 radical (unpaired) electrons. The molecule has 28 heavy (non-hydrogen) atoms. The van der Waals surface area contributed by atoms with E-state index in [9.17, 15) is 10.1 Å². The van der Waals surface area contributed by atoms with E-state index < -0.39 is 4.92 Å². The largest absolute Gasteiger partial charge is 0.323 e. The molecule has 0 saturated heterocycles. The average molecular weight is 404 g/mol. The summed E-state index contributed by atoms with van der Waals surface area (Å²) in [5.74, 6) is 1.30. The fraction of sp³-hybridized carbons (Fsp3) is 0.500. The number of nitrogens with one attached hydrogen (secondary N) is 2. The molecule has 150 valence electrons. The van der Waals surface area contributed by atoms with E-state index >= 15 is 0 Å². The second kappa shape index (κ2) is 8.31. The van der Waals surface area contributed by atoms with Crippen LogP contribution in [0.1, 0.15) is 64.1 Å². The normalized spacial score (nSPS) is 16.2. The third-order valence-corrected chi connectivity index (χ3v) is 5.24. The minimum absolute atomic E-state index is 0.0513.